The maximum Gasteiger partial charge on any atom is 0.364 e. The maximum absolute atomic E-state index is 13.1. The first-order valence-electron chi connectivity index (χ1n) is 29.1. The van der Waals surface area contributed by atoms with Crippen LogP contribution in [0.2, 0.25) is 0 Å². The van der Waals surface area contributed by atoms with Crippen LogP contribution in [-0.4, -0.2) is 391 Å². The van der Waals surface area contributed by atoms with Gasteiger partial charge in [-0.1, -0.05) is 0 Å². The van der Waals surface area contributed by atoms with Crippen molar-refractivity contribution >= 4 is 23.7 Å². The minimum absolute atomic E-state index is 0.834. The summed E-state index contributed by atoms with van der Waals surface area (Å²) in [6.07, 6.45) is -65.4. The first kappa shape index (κ1) is 75.9. The molecule has 0 radical (unpaired) electrons. The summed E-state index contributed by atoms with van der Waals surface area (Å²) < 4.78 is 74.7. The largest absolute Gasteiger partial charge is 0.477 e. The van der Waals surface area contributed by atoms with Gasteiger partial charge < -0.3 is 185 Å². The summed E-state index contributed by atoms with van der Waals surface area (Å²) in [7, 11) is 0. The highest BCUT2D eigenvalue weighted by Crippen LogP contribution is 2.40. The van der Waals surface area contributed by atoms with Crippen LogP contribution in [0, 0.1) is 0 Å². The molecule has 41 heteroatoms. The van der Waals surface area contributed by atoms with Crippen molar-refractivity contribution in [2.45, 2.75) is 254 Å². The molecule has 7 aliphatic heterocycles. The molecule has 7 heterocycles. The van der Waals surface area contributed by atoms with Gasteiger partial charge in [-0.25, -0.2) is 4.79 Å². The molecule has 0 aromatic heterocycles. The Labute approximate surface area is 520 Å². The summed E-state index contributed by atoms with van der Waals surface area (Å²) in [6.45, 7) is -2.20. The highest BCUT2D eigenvalue weighted by Gasteiger charge is 2.62. The van der Waals surface area contributed by atoms with Gasteiger partial charge in [-0.15, -0.1) is 0 Å². The number of hydrogen-bond acceptors (Lipinski definition) is 37. The maximum atomic E-state index is 13.1. The third kappa shape index (κ3) is 16.4. The molecule has 532 valence electrons. The number of carbonyl (C=O) groups is 4. The molecule has 7 rings (SSSR count). The molecule has 36 atom stereocenters. The highest BCUT2D eigenvalue weighted by molar-refractivity contribution is 5.77. The molecular formula is C51H85N3O38. The van der Waals surface area contributed by atoms with E-state index in [0.29, 0.717) is 0 Å². The number of carboxylic acid groups (broad SMARTS) is 1. The first-order valence-corrected chi connectivity index (χ1v) is 29.1. The molecule has 0 unspecified atom stereocenters. The number of carboxylic acids is 1. The Balaban J connectivity index is 1.09. The Kier molecular flexibility index (Phi) is 26.6. The van der Waals surface area contributed by atoms with E-state index in [1.165, 1.54) is 6.92 Å². The lowest BCUT2D eigenvalue weighted by atomic mass is 9.88. The smallest absolute Gasteiger partial charge is 0.364 e. The summed E-state index contributed by atoms with van der Waals surface area (Å²) >= 11 is 0. The van der Waals surface area contributed by atoms with Crippen molar-refractivity contribution in [3.8, 4) is 0 Å². The Morgan fingerprint density at radius 1 is 0.467 bits per heavy atom. The van der Waals surface area contributed by atoms with Crippen molar-refractivity contribution in [2.24, 2.45) is 0 Å². The van der Waals surface area contributed by atoms with Crippen molar-refractivity contribution in [2.75, 3.05) is 39.6 Å². The third-order valence-corrected chi connectivity index (χ3v) is 16.7. The van der Waals surface area contributed by atoms with Crippen LogP contribution in [-0.2, 0) is 80.8 Å². The van der Waals surface area contributed by atoms with E-state index in [9.17, 15) is 126 Å². The Morgan fingerprint density at radius 2 is 0.935 bits per heavy atom. The summed E-state index contributed by atoms with van der Waals surface area (Å²) in [5.74, 6) is -7.90. The standard InChI is InChI=1S/C51H85N3O38/c1-12-26(65)33(72)35(74)46(81-12)90-43-34(73)28(67)18(7-56)85-49(43)89-41-29(68)19(8-57)83-47(36(41)75)88-39-25(54-15(4)62)44(77)82-22(31(39)70)11-80-45-24(53-14(3)61)32(71)38(21(10-59)86-45)87-48-37(76)42(30(69)20(9-58)84-48)92-51(50(78)79)5-16(63)23(52-13(2)60)40(91-51)27(66)17(64)6-55/h12,16-49,55-59,63-77H,5-11H2,1-4H3,(H,52,60)(H,53,61)(H,54,62)(H,78,79)/t12-,16-,17+,18+,19+,20+,21+,22+,23+,24+,25+,26+,27+,28-,29-,30-,31-,32+,33+,34-,35-,36+,37+,38+,39+,40+,41-,42-,43+,44-,45+,46-,47-,48-,49+,51-/m0/s1. The van der Waals surface area contributed by atoms with E-state index in [4.69, 9.17) is 61.6 Å². The number of nitrogens with one attached hydrogen (secondary N) is 3. The van der Waals surface area contributed by atoms with E-state index in [2.05, 4.69) is 16.0 Å². The molecular weight excluding hydrogens is 1260 g/mol. The molecule has 7 aliphatic rings. The summed E-state index contributed by atoms with van der Waals surface area (Å²) in [5.41, 5.74) is 0. The minimum atomic E-state index is -3.21. The lowest BCUT2D eigenvalue weighted by molar-refractivity contribution is -0.393. The molecule has 3 amide bonds. The van der Waals surface area contributed by atoms with Crippen molar-refractivity contribution in [3.05, 3.63) is 0 Å². The lowest BCUT2D eigenvalue weighted by Crippen LogP contribution is -2.71. The van der Waals surface area contributed by atoms with E-state index in [1.54, 1.807) is 0 Å². The number of hydrogen-bond donors (Lipinski definition) is 24. The minimum Gasteiger partial charge on any atom is -0.477 e. The first-order chi connectivity index (χ1) is 43.3. The number of amides is 3. The monoisotopic (exact) mass is 1350 g/mol. The second kappa shape index (κ2) is 32.3. The predicted molar refractivity (Wildman–Crippen MR) is 282 cm³/mol. The van der Waals surface area contributed by atoms with Gasteiger partial charge in [0.25, 0.3) is 5.79 Å². The Bertz CT molecular complexity index is 2400. The van der Waals surface area contributed by atoms with Crippen LogP contribution in [0.15, 0.2) is 0 Å². The zero-order valence-electron chi connectivity index (χ0n) is 49.5. The summed E-state index contributed by atoms with van der Waals surface area (Å²) in [6, 6.07) is -5.29. The number of rotatable bonds is 24. The van der Waals surface area contributed by atoms with Crippen LogP contribution in [0.25, 0.3) is 0 Å². The molecule has 0 saturated carbocycles. The fourth-order valence-corrected chi connectivity index (χ4v) is 11.7. The molecule has 7 saturated heterocycles. The van der Waals surface area contributed by atoms with E-state index in [1.807, 2.05) is 0 Å². The lowest BCUT2D eigenvalue weighted by Gasteiger charge is -2.51. The average molecular weight is 1350 g/mol. The second-order valence-electron chi connectivity index (χ2n) is 23.2. The number of carbonyl (C=O) groups excluding carboxylic acids is 3. The topological polar surface area (TPSA) is 649 Å². The van der Waals surface area contributed by atoms with Crippen LogP contribution < -0.4 is 16.0 Å². The number of ether oxygens (including phenoxy) is 13. The van der Waals surface area contributed by atoms with Gasteiger partial charge in [-0.3, -0.25) is 14.4 Å². The zero-order valence-corrected chi connectivity index (χ0v) is 49.5. The molecule has 0 bridgehead atoms. The van der Waals surface area contributed by atoms with Crippen molar-refractivity contribution in [3.63, 3.8) is 0 Å². The van der Waals surface area contributed by atoms with Gasteiger partial charge in [0.1, 0.15) is 159 Å². The predicted octanol–water partition coefficient (Wildman–Crippen LogP) is -15.6. The molecule has 0 spiro atoms. The van der Waals surface area contributed by atoms with E-state index >= 15 is 0 Å². The van der Waals surface area contributed by atoms with Gasteiger partial charge in [0.2, 0.25) is 17.7 Å². The van der Waals surface area contributed by atoms with Crippen LogP contribution in [0.3, 0.4) is 0 Å². The van der Waals surface area contributed by atoms with E-state index < -0.39 is 290 Å². The van der Waals surface area contributed by atoms with Crippen LogP contribution in [0.1, 0.15) is 34.1 Å². The molecule has 41 nitrogen and oxygen atoms in total. The fourth-order valence-electron chi connectivity index (χ4n) is 11.7. The second-order valence-corrected chi connectivity index (χ2v) is 23.2. The number of aliphatic hydroxyl groups is 20. The van der Waals surface area contributed by atoms with Gasteiger partial charge in [0, 0.05) is 27.2 Å². The van der Waals surface area contributed by atoms with Gasteiger partial charge in [-0.05, 0) is 6.92 Å². The van der Waals surface area contributed by atoms with Crippen LogP contribution in [0.4, 0.5) is 0 Å². The normalized spacial score (nSPS) is 47.6. The van der Waals surface area contributed by atoms with Gasteiger partial charge >= 0.3 is 5.97 Å². The van der Waals surface area contributed by atoms with Gasteiger partial charge in [0.15, 0.2) is 37.7 Å². The van der Waals surface area contributed by atoms with Crippen LogP contribution >= 0.6 is 0 Å². The molecule has 24 N–H and O–H groups in total. The third-order valence-electron chi connectivity index (χ3n) is 16.7. The zero-order chi connectivity index (χ0) is 68.3. The number of aliphatic hydroxyl groups excluding tert-OH is 20. The number of aliphatic carboxylic acids is 1. The van der Waals surface area contributed by atoms with Crippen molar-refractivity contribution in [1.82, 2.24) is 16.0 Å². The SMILES string of the molecule is CC(=O)N[C@@H]1[C@@H](O[C@@H]2O[C@H](CO)[C@H](O)[C@H](O[C@H]3O[C@H](CO)[C@H](O)[C@H](O)[C@H]3O[C@@H]3O[C@@H](C)[C@@H](O)[C@@H](O)[C@@H]3O)[C@H]2O)[C@@H](O)[C@@H](CO[C@@H]2O[C@H](CO)[C@@H](O[C@@H]3O[C@H](CO)[C@H](O)[C@H](O[C@]4(C(=O)O)C[C@H](O)[C@@H](NC(C)=O)[C@H]([C@H](O)[C@H](O)CO)O4)[C@H]3O)[C@H](O)[C@H]2NC(C)=O)O[C@@H]1O. The molecule has 0 aromatic rings. The van der Waals surface area contributed by atoms with E-state index in [-0.39, 0.29) is 0 Å². The average Bonchev–Trinajstić information content (AvgIpc) is 0.765. The summed E-state index contributed by atoms with van der Waals surface area (Å²) in [4.78, 5) is 50.4. The highest BCUT2D eigenvalue weighted by atomic mass is 16.8. The van der Waals surface area contributed by atoms with Gasteiger partial charge in [-0.2, -0.15) is 0 Å². The Morgan fingerprint density at radius 3 is 1.49 bits per heavy atom. The van der Waals surface area contributed by atoms with Crippen molar-refractivity contribution < 1.29 is 188 Å². The molecule has 7 fully saturated rings. The fraction of sp³-hybridized carbons (Fsp3) is 0.922. The molecule has 92 heavy (non-hydrogen) atoms. The molecule has 0 aliphatic carbocycles. The van der Waals surface area contributed by atoms with E-state index in [0.717, 1.165) is 20.8 Å². The molecule has 0 aromatic carbocycles. The van der Waals surface area contributed by atoms with Crippen molar-refractivity contribution in [1.29, 1.82) is 0 Å². The quantitative estimate of drug-likeness (QED) is 0.0427. The Hall–Kier alpha value is -3.44. The van der Waals surface area contributed by atoms with Gasteiger partial charge in [0.05, 0.1) is 57.9 Å². The van der Waals surface area contributed by atoms with Crippen LogP contribution in [0.5, 0.6) is 0 Å². The summed E-state index contributed by atoms with van der Waals surface area (Å²) in [5, 5.41) is 236.